The van der Waals surface area contributed by atoms with Crippen molar-refractivity contribution < 1.29 is 19.2 Å². The Morgan fingerprint density at radius 1 is 1.77 bits per heavy atom. The number of nitrogens with zero attached hydrogens (tertiary/aromatic N) is 1. The van der Waals surface area contributed by atoms with Crippen molar-refractivity contribution in [3.8, 4) is 5.75 Å². The maximum atomic E-state index is 10.6. The molecule has 70 valence electrons. The van der Waals surface area contributed by atoms with E-state index in [2.05, 4.69) is 5.16 Å². The molecule has 0 radical (unpaired) electrons. The summed E-state index contributed by atoms with van der Waals surface area (Å²) in [7, 11) is 0. The average molecular weight is 183 g/mol. The van der Waals surface area contributed by atoms with Crippen molar-refractivity contribution in [2.45, 2.75) is 13.8 Å². The third kappa shape index (κ3) is 2.33. The Labute approximate surface area is 74.6 Å². The normalized spacial score (nSPS) is 10.6. The molecular formula is C8H9NO4. The van der Waals surface area contributed by atoms with Crippen LogP contribution in [0.3, 0.4) is 0 Å². The van der Waals surface area contributed by atoms with Gasteiger partial charge in [-0.3, -0.25) is 4.79 Å². The van der Waals surface area contributed by atoms with Crippen molar-refractivity contribution in [3.63, 3.8) is 0 Å². The Hall–Kier alpha value is -1.78. The monoisotopic (exact) mass is 183 g/mol. The zero-order valence-electron chi connectivity index (χ0n) is 7.27. The molecule has 1 N–H and O–H groups in total. The van der Waals surface area contributed by atoms with Gasteiger partial charge >= 0.3 is 5.97 Å². The molecule has 5 heteroatoms. The van der Waals surface area contributed by atoms with Gasteiger partial charge in [-0.05, 0) is 6.92 Å². The number of aryl methyl sites for hydroxylation is 1. The quantitative estimate of drug-likeness (QED) is 0.325. The van der Waals surface area contributed by atoms with Gasteiger partial charge in [0.2, 0.25) is 0 Å². The number of oxime groups is 1. The SMILES string of the molecule is CC(=O)Oc1cc(C=NO)oc1C. The number of ether oxygens (including phenoxy) is 1. The minimum atomic E-state index is -0.420. The van der Waals surface area contributed by atoms with Crippen LogP contribution >= 0.6 is 0 Å². The lowest BCUT2D eigenvalue weighted by Crippen LogP contribution is -2.00. The summed E-state index contributed by atoms with van der Waals surface area (Å²) in [4.78, 5) is 10.6. The molecule has 0 aromatic carbocycles. The number of rotatable bonds is 2. The van der Waals surface area contributed by atoms with Crippen LogP contribution in [0.2, 0.25) is 0 Å². The van der Waals surface area contributed by atoms with E-state index in [0.29, 0.717) is 17.3 Å². The molecule has 0 bridgehead atoms. The van der Waals surface area contributed by atoms with Gasteiger partial charge in [0.15, 0.2) is 11.5 Å². The van der Waals surface area contributed by atoms with Crippen LogP contribution in [0.15, 0.2) is 15.6 Å². The summed E-state index contributed by atoms with van der Waals surface area (Å²) >= 11 is 0. The fourth-order valence-electron chi connectivity index (χ4n) is 0.864. The van der Waals surface area contributed by atoms with Crippen molar-refractivity contribution in [3.05, 3.63) is 17.6 Å². The van der Waals surface area contributed by atoms with Crippen molar-refractivity contribution in [2.75, 3.05) is 0 Å². The van der Waals surface area contributed by atoms with Crippen LogP contribution in [0.4, 0.5) is 0 Å². The summed E-state index contributed by atoms with van der Waals surface area (Å²) in [5.74, 6) is 0.708. The summed E-state index contributed by atoms with van der Waals surface area (Å²) in [5.41, 5.74) is 0. The number of carbonyl (C=O) groups excluding carboxylic acids is 1. The molecule has 1 aromatic rings. The van der Waals surface area contributed by atoms with E-state index in [0.717, 1.165) is 6.21 Å². The number of hydrogen-bond donors (Lipinski definition) is 1. The Balaban J connectivity index is 2.89. The third-order valence-corrected chi connectivity index (χ3v) is 1.33. The minimum absolute atomic E-state index is 0.330. The minimum Gasteiger partial charge on any atom is -0.456 e. The maximum absolute atomic E-state index is 10.6. The van der Waals surface area contributed by atoms with Crippen LogP contribution in [-0.2, 0) is 4.79 Å². The number of furan rings is 1. The molecule has 0 aliphatic rings. The van der Waals surface area contributed by atoms with Crippen LogP contribution in [-0.4, -0.2) is 17.4 Å². The van der Waals surface area contributed by atoms with E-state index in [9.17, 15) is 4.79 Å². The van der Waals surface area contributed by atoms with E-state index in [1.165, 1.54) is 13.0 Å². The lowest BCUT2D eigenvalue weighted by atomic mass is 10.4. The average Bonchev–Trinajstić information content (AvgIpc) is 2.31. The molecule has 0 amide bonds. The summed E-state index contributed by atoms with van der Waals surface area (Å²) in [6.45, 7) is 2.94. The van der Waals surface area contributed by atoms with Crippen LogP contribution in [0.25, 0.3) is 0 Å². The first kappa shape index (κ1) is 9.31. The maximum Gasteiger partial charge on any atom is 0.308 e. The van der Waals surface area contributed by atoms with Gasteiger partial charge in [0.05, 0.1) is 0 Å². The lowest BCUT2D eigenvalue weighted by Gasteiger charge is -1.95. The van der Waals surface area contributed by atoms with Crippen molar-refractivity contribution in [2.24, 2.45) is 5.16 Å². The van der Waals surface area contributed by atoms with Gasteiger partial charge in [-0.25, -0.2) is 0 Å². The van der Waals surface area contributed by atoms with Gasteiger partial charge < -0.3 is 14.4 Å². The molecule has 0 unspecified atom stereocenters. The Morgan fingerprint density at radius 3 is 3.00 bits per heavy atom. The largest absolute Gasteiger partial charge is 0.456 e. The third-order valence-electron chi connectivity index (χ3n) is 1.33. The van der Waals surface area contributed by atoms with Crippen molar-refractivity contribution >= 4 is 12.2 Å². The summed E-state index contributed by atoms with van der Waals surface area (Å²) < 4.78 is 9.87. The smallest absolute Gasteiger partial charge is 0.308 e. The van der Waals surface area contributed by atoms with Gasteiger partial charge in [0.25, 0.3) is 0 Å². The number of carbonyl (C=O) groups is 1. The first-order chi connectivity index (χ1) is 6.13. The highest BCUT2D eigenvalue weighted by atomic mass is 16.5. The van der Waals surface area contributed by atoms with Crippen LogP contribution in [0, 0.1) is 6.92 Å². The highest BCUT2D eigenvalue weighted by Crippen LogP contribution is 2.21. The molecule has 0 aliphatic heterocycles. The van der Waals surface area contributed by atoms with E-state index in [1.54, 1.807) is 6.92 Å². The fourth-order valence-corrected chi connectivity index (χ4v) is 0.864. The summed E-state index contributed by atoms with van der Waals surface area (Å²) in [6.07, 6.45) is 1.11. The molecule has 13 heavy (non-hydrogen) atoms. The first-order valence-corrected chi connectivity index (χ1v) is 3.59. The molecule has 0 spiro atoms. The zero-order valence-corrected chi connectivity index (χ0v) is 7.27. The molecule has 0 aliphatic carbocycles. The van der Waals surface area contributed by atoms with Gasteiger partial charge in [-0.1, -0.05) is 5.16 Å². The topological polar surface area (TPSA) is 72.0 Å². The van der Waals surface area contributed by atoms with Gasteiger partial charge in [-0.15, -0.1) is 0 Å². The predicted octanol–water partition coefficient (Wildman–Crippen LogP) is 1.32. The zero-order chi connectivity index (χ0) is 9.84. The molecule has 0 atom stereocenters. The summed E-state index contributed by atoms with van der Waals surface area (Å²) in [5, 5.41) is 11.0. The second kappa shape index (κ2) is 3.75. The molecule has 1 heterocycles. The fraction of sp³-hybridized carbons (Fsp3) is 0.250. The van der Waals surface area contributed by atoms with Crippen LogP contribution in [0.5, 0.6) is 5.75 Å². The van der Waals surface area contributed by atoms with E-state index in [1.807, 2.05) is 0 Å². The van der Waals surface area contributed by atoms with E-state index < -0.39 is 5.97 Å². The molecule has 0 saturated heterocycles. The van der Waals surface area contributed by atoms with Crippen molar-refractivity contribution in [1.82, 2.24) is 0 Å². The Kier molecular flexibility index (Phi) is 2.69. The van der Waals surface area contributed by atoms with E-state index >= 15 is 0 Å². The molecular weight excluding hydrogens is 174 g/mol. The lowest BCUT2D eigenvalue weighted by molar-refractivity contribution is -0.131. The molecule has 0 fully saturated rings. The van der Waals surface area contributed by atoms with Crippen LogP contribution < -0.4 is 4.74 Å². The van der Waals surface area contributed by atoms with Crippen LogP contribution in [0.1, 0.15) is 18.4 Å². The predicted molar refractivity (Wildman–Crippen MR) is 44.1 cm³/mol. The van der Waals surface area contributed by atoms with Gasteiger partial charge in [0.1, 0.15) is 12.0 Å². The van der Waals surface area contributed by atoms with E-state index in [4.69, 9.17) is 14.4 Å². The number of esters is 1. The first-order valence-electron chi connectivity index (χ1n) is 3.59. The second-order valence-electron chi connectivity index (χ2n) is 2.41. The van der Waals surface area contributed by atoms with Gasteiger partial charge in [0, 0.05) is 13.0 Å². The summed E-state index contributed by atoms with van der Waals surface area (Å²) in [6, 6.07) is 1.47. The Bertz CT molecular complexity index is 340. The highest BCUT2D eigenvalue weighted by Gasteiger charge is 2.08. The molecule has 5 nitrogen and oxygen atoms in total. The second-order valence-corrected chi connectivity index (χ2v) is 2.41. The molecule has 1 rings (SSSR count). The Morgan fingerprint density at radius 2 is 2.46 bits per heavy atom. The standard InChI is InChI=1S/C8H9NO4/c1-5-8(13-6(2)10)3-7(12-5)4-9-11/h3-4,11H,1-2H3. The van der Waals surface area contributed by atoms with E-state index in [-0.39, 0.29) is 0 Å². The van der Waals surface area contributed by atoms with Gasteiger partial charge in [-0.2, -0.15) is 0 Å². The highest BCUT2D eigenvalue weighted by molar-refractivity contribution is 5.77. The van der Waals surface area contributed by atoms with Crippen molar-refractivity contribution in [1.29, 1.82) is 0 Å². The molecule has 1 aromatic heterocycles. The molecule has 0 saturated carbocycles. The number of hydrogen-bond acceptors (Lipinski definition) is 5.